The fourth-order valence-corrected chi connectivity index (χ4v) is 2.59. The fourth-order valence-electron chi connectivity index (χ4n) is 1.54. The first-order chi connectivity index (χ1) is 10.0. The van der Waals surface area contributed by atoms with Gasteiger partial charge in [-0.2, -0.15) is 0 Å². The van der Waals surface area contributed by atoms with Crippen molar-refractivity contribution in [2.75, 3.05) is 45.8 Å². The third-order valence-electron chi connectivity index (χ3n) is 2.55. The minimum atomic E-state index is -3.53. The first kappa shape index (κ1) is 17.7. The molecule has 0 aliphatic rings. The monoisotopic (exact) mass is 318 g/mol. The van der Waals surface area contributed by atoms with Gasteiger partial charge in [0.25, 0.3) is 0 Å². The lowest BCUT2D eigenvalue weighted by molar-refractivity contribution is 0.0545. The van der Waals surface area contributed by atoms with Gasteiger partial charge in [-0.1, -0.05) is 6.92 Å². The van der Waals surface area contributed by atoms with E-state index in [1.807, 2.05) is 0 Å². The molecule has 0 unspecified atom stereocenters. The molecule has 8 heteroatoms. The van der Waals surface area contributed by atoms with Crippen LogP contribution in [0.4, 0.5) is 5.69 Å². The minimum Gasteiger partial charge on any atom is -0.489 e. The molecule has 0 atom stereocenters. The molecule has 120 valence electrons. The molecule has 1 aromatic carbocycles. The summed E-state index contributed by atoms with van der Waals surface area (Å²) in [6.07, 6.45) is 0. The van der Waals surface area contributed by atoms with Crippen LogP contribution in [0.1, 0.15) is 6.92 Å². The third-order valence-corrected chi connectivity index (χ3v) is 4.09. The standard InChI is InChI=1S/C13H22N2O5S/c1-3-15-21(16,17)11-4-5-12(14)13(10-11)20-9-8-19-7-6-18-2/h4-5,10,15H,3,6-9,14H2,1-2H3. The van der Waals surface area contributed by atoms with E-state index in [1.165, 1.54) is 18.2 Å². The molecule has 0 heterocycles. The van der Waals surface area contributed by atoms with Crippen molar-refractivity contribution in [3.05, 3.63) is 18.2 Å². The average Bonchev–Trinajstić information content (AvgIpc) is 2.44. The van der Waals surface area contributed by atoms with Crippen LogP contribution in [0, 0.1) is 0 Å². The maximum Gasteiger partial charge on any atom is 0.240 e. The summed E-state index contributed by atoms with van der Waals surface area (Å²) in [5, 5.41) is 0. The highest BCUT2D eigenvalue weighted by molar-refractivity contribution is 7.89. The number of methoxy groups -OCH3 is 1. The summed E-state index contributed by atoms with van der Waals surface area (Å²) in [7, 11) is -1.93. The lowest BCUT2D eigenvalue weighted by atomic mass is 10.3. The van der Waals surface area contributed by atoms with Crippen molar-refractivity contribution in [1.29, 1.82) is 0 Å². The zero-order valence-electron chi connectivity index (χ0n) is 12.3. The van der Waals surface area contributed by atoms with Crippen LogP contribution in [0.5, 0.6) is 5.75 Å². The maximum absolute atomic E-state index is 11.9. The van der Waals surface area contributed by atoms with Gasteiger partial charge in [-0.15, -0.1) is 0 Å². The number of sulfonamides is 1. The molecule has 0 saturated carbocycles. The highest BCUT2D eigenvalue weighted by atomic mass is 32.2. The van der Waals surface area contributed by atoms with Crippen molar-refractivity contribution in [2.45, 2.75) is 11.8 Å². The molecule has 0 fully saturated rings. The third kappa shape index (κ3) is 5.88. The normalized spacial score (nSPS) is 11.5. The lowest BCUT2D eigenvalue weighted by Gasteiger charge is -2.11. The van der Waals surface area contributed by atoms with Gasteiger partial charge in [0.2, 0.25) is 10.0 Å². The molecule has 0 aliphatic carbocycles. The van der Waals surface area contributed by atoms with Crippen molar-refractivity contribution in [1.82, 2.24) is 4.72 Å². The molecular formula is C13H22N2O5S. The highest BCUT2D eigenvalue weighted by Gasteiger charge is 2.14. The zero-order chi connectivity index (χ0) is 15.7. The number of anilines is 1. The van der Waals surface area contributed by atoms with E-state index in [2.05, 4.69) is 4.72 Å². The molecule has 7 nitrogen and oxygen atoms in total. The molecule has 1 rings (SSSR count). The number of hydrogen-bond donors (Lipinski definition) is 2. The van der Waals surface area contributed by atoms with Crippen LogP contribution in [0.15, 0.2) is 23.1 Å². The topological polar surface area (TPSA) is 99.9 Å². The van der Waals surface area contributed by atoms with Crippen LogP contribution in [0.25, 0.3) is 0 Å². The quantitative estimate of drug-likeness (QED) is 0.484. The first-order valence-corrected chi connectivity index (χ1v) is 8.08. The minimum absolute atomic E-state index is 0.119. The summed E-state index contributed by atoms with van der Waals surface area (Å²) in [6.45, 7) is 3.66. The molecule has 0 spiro atoms. The van der Waals surface area contributed by atoms with E-state index < -0.39 is 10.0 Å². The van der Waals surface area contributed by atoms with Crippen LogP contribution in [-0.4, -0.2) is 48.5 Å². The number of hydrogen-bond acceptors (Lipinski definition) is 6. The summed E-state index contributed by atoms with van der Waals surface area (Å²) >= 11 is 0. The summed E-state index contributed by atoms with van der Waals surface area (Å²) in [4.78, 5) is 0.119. The number of rotatable bonds is 10. The Bertz CT molecular complexity index is 533. The molecule has 21 heavy (non-hydrogen) atoms. The Kier molecular flexibility index (Phi) is 7.44. The van der Waals surface area contributed by atoms with Gasteiger partial charge in [0.05, 0.1) is 30.4 Å². The second-order valence-corrected chi connectivity index (χ2v) is 5.92. The van der Waals surface area contributed by atoms with Gasteiger partial charge in [0, 0.05) is 19.7 Å². The lowest BCUT2D eigenvalue weighted by Crippen LogP contribution is -2.23. The largest absolute Gasteiger partial charge is 0.489 e. The van der Waals surface area contributed by atoms with Crippen LogP contribution < -0.4 is 15.2 Å². The number of ether oxygens (including phenoxy) is 3. The number of nitrogen functional groups attached to an aromatic ring is 1. The first-order valence-electron chi connectivity index (χ1n) is 6.60. The van der Waals surface area contributed by atoms with Crippen LogP contribution >= 0.6 is 0 Å². The Morgan fingerprint density at radius 2 is 1.90 bits per heavy atom. The summed E-state index contributed by atoms with van der Waals surface area (Å²) in [5.41, 5.74) is 6.15. The van der Waals surface area contributed by atoms with Gasteiger partial charge in [0.1, 0.15) is 12.4 Å². The Labute approximate surface area is 125 Å². The van der Waals surface area contributed by atoms with Crippen LogP contribution in [0.2, 0.25) is 0 Å². The van der Waals surface area contributed by atoms with Crippen molar-refractivity contribution in [3.63, 3.8) is 0 Å². The molecule has 0 saturated heterocycles. The van der Waals surface area contributed by atoms with Gasteiger partial charge in [0.15, 0.2) is 0 Å². The highest BCUT2D eigenvalue weighted by Crippen LogP contribution is 2.25. The SMILES string of the molecule is CCNS(=O)(=O)c1ccc(N)c(OCCOCCOC)c1. The van der Waals surface area contributed by atoms with E-state index in [1.54, 1.807) is 14.0 Å². The van der Waals surface area contributed by atoms with Crippen molar-refractivity contribution < 1.29 is 22.6 Å². The van der Waals surface area contributed by atoms with Gasteiger partial charge in [-0.05, 0) is 12.1 Å². The van der Waals surface area contributed by atoms with E-state index in [0.717, 1.165) is 0 Å². The predicted molar refractivity (Wildman–Crippen MR) is 79.9 cm³/mol. The Morgan fingerprint density at radius 1 is 1.19 bits per heavy atom. The van der Waals surface area contributed by atoms with E-state index >= 15 is 0 Å². The molecule has 0 amide bonds. The second kappa shape index (κ2) is 8.83. The van der Waals surface area contributed by atoms with E-state index in [4.69, 9.17) is 19.9 Å². The molecule has 0 aliphatic heterocycles. The zero-order valence-corrected chi connectivity index (χ0v) is 13.1. The molecule has 0 bridgehead atoms. The van der Waals surface area contributed by atoms with Crippen molar-refractivity contribution in [3.8, 4) is 5.75 Å². The Hall–Kier alpha value is -1.35. The summed E-state index contributed by atoms with van der Waals surface area (Å²) < 4.78 is 41.7. The number of benzene rings is 1. The fraction of sp³-hybridized carbons (Fsp3) is 0.538. The molecule has 0 radical (unpaired) electrons. The Morgan fingerprint density at radius 3 is 2.57 bits per heavy atom. The average molecular weight is 318 g/mol. The summed E-state index contributed by atoms with van der Waals surface area (Å²) in [6, 6.07) is 4.35. The number of nitrogens with two attached hydrogens (primary N) is 1. The van der Waals surface area contributed by atoms with E-state index in [-0.39, 0.29) is 11.5 Å². The predicted octanol–water partition coefficient (Wildman–Crippen LogP) is 0.609. The molecular weight excluding hydrogens is 296 g/mol. The number of nitrogens with one attached hydrogen (secondary N) is 1. The van der Waals surface area contributed by atoms with E-state index in [0.29, 0.717) is 37.8 Å². The van der Waals surface area contributed by atoms with Gasteiger partial charge >= 0.3 is 0 Å². The Balaban J connectivity index is 2.62. The molecule has 1 aromatic rings. The van der Waals surface area contributed by atoms with Crippen molar-refractivity contribution in [2.24, 2.45) is 0 Å². The summed E-state index contributed by atoms with van der Waals surface area (Å²) in [5.74, 6) is 0.323. The van der Waals surface area contributed by atoms with Crippen LogP contribution in [0.3, 0.4) is 0 Å². The van der Waals surface area contributed by atoms with Gasteiger partial charge in [-0.25, -0.2) is 13.1 Å². The maximum atomic E-state index is 11.9. The van der Waals surface area contributed by atoms with Gasteiger partial charge < -0.3 is 19.9 Å². The van der Waals surface area contributed by atoms with E-state index in [9.17, 15) is 8.42 Å². The van der Waals surface area contributed by atoms with Gasteiger partial charge in [-0.3, -0.25) is 0 Å². The second-order valence-electron chi connectivity index (χ2n) is 4.15. The van der Waals surface area contributed by atoms with Crippen molar-refractivity contribution >= 4 is 15.7 Å². The molecule has 3 N–H and O–H groups in total. The van der Waals surface area contributed by atoms with Crippen LogP contribution in [-0.2, 0) is 19.5 Å². The molecule has 0 aromatic heterocycles. The smallest absolute Gasteiger partial charge is 0.240 e.